The average molecular weight is 751 g/mol. The van der Waals surface area contributed by atoms with Crippen LogP contribution in [0.5, 0.6) is 0 Å². The van der Waals surface area contributed by atoms with Crippen LogP contribution < -0.4 is 0 Å². The van der Waals surface area contributed by atoms with Crippen molar-refractivity contribution in [3.8, 4) is 0 Å². The molecule has 0 unspecified atom stereocenters. The van der Waals surface area contributed by atoms with Gasteiger partial charge in [-0.15, -0.1) is 0 Å². The molecule has 0 N–H and O–H groups in total. The van der Waals surface area contributed by atoms with Crippen LogP contribution >= 0.6 is 0 Å². The molecule has 0 heterocycles. The minimum atomic E-state index is -0.867. The van der Waals surface area contributed by atoms with Crippen molar-refractivity contribution in [2.24, 2.45) is 0 Å². The smallest absolute Gasteiger partial charge is 0.331 e. The lowest BCUT2D eigenvalue weighted by atomic mass is 10.1. The van der Waals surface area contributed by atoms with Crippen LogP contribution in [0.1, 0.15) is 199 Å². The molecule has 0 fully saturated rings. The maximum Gasteiger partial charge on any atom is 0.331 e. The molecular weight excluding hydrogens is 673 g/mol. The molecule has 0 radical (unpaired) electrons. The quantitative estimate of drug-likeness (QED) is 0.0221. The van der Waals surface area contributed by atoms with Gasteiger partial charge in [0.1, 0.15) is 13.2 Å². The van der Waals surface area contributed by atoms with E-state index in [1.54, 1.807) is 6.08 Å². The van der Waals surface area contributed by atoms with Crippen molar-refractivity contribution < 1.29 is 28.6 Å². The number of carbonyl (C=O) groups excluding carboxylic acids is 3. The normalized spacial score (nSPS) is 11.7. The summed E-state index contributed by atoms with van der Waals surface area (Å²) in [6.07, 6.45) is 43.2. The standard InChI is InChI=1S/C48H78O6/c1-3-5-7-9-11-13-15-17-19-21-23-25-27-29-34-38-46(49)52-42-45(54-48(51)41-40-44-36-32-31-33-37-44)43-53-47(50)39-35-30-28-26-24-22-20-18-16-14-12-10-8-6-4-2/h17-20,31-33,36-37,40-41,45H,3-16,21-30,34-35,38-39,42-43H2,1-2H3/b19-17-,20-18-,41-40+. The molecule has 1 aromatic carbocycles. The van der Waals surface area contributed by atoms with E-state index in [2.05, 4.69) is 38.2 Å². The fourth-order valence-electron chi connectivity index (χ4n) is 6.24. The Hall–Kier alpha value is -3.15. The summed E-state index contributed by atoms with van der Waals surface area (Å²) < 4.78 is 16.5. The molecule has 0 saturated heterocycles. The van der Waals surface area contributed by atoms with Gasteiger partial charge in [-0.1, -0.05) is 171 Å². The minimum Gasteiger partial charge on any atom is -0.462 e. The number of carbonyl (C=O) groups is 3. The van der Waals surface area contributed by atoms with E-state index < -0.39 is 12.1 Å². The van der Waals surface area contributed by atoms with Crippen molar-refractivity contribution in [1.82, 2.24) is 0 Å². The number of benzene rings is 1. The van der Waals surface area contributed by atoms with Gasteiger partial charge in [-0.05, 0) is 75.8 Å². The van der Waals surface area contributed by atoms with Gasteiger partial charge in [0.2, 0.25) is 0 Å². The molecule has 6 heteroatoms. The monoisotopic (exact) mass is 751 g/mol. The van der Waals surface area contributed by atoms with Crippen LogP contribution in [0.15, 0.2) is 60.7 Å². The van der Waals surface area contributed by atoms with Crippen LogP contribution in [-0.2, 0) is 28.6 Å². The minimum absolute atomic E-state index is 0.143. The second-order valence-electron chi connectivity index (χ2n) is 14.8. The van der Waals surface area contributed by atoms with Gasteiger partial charge in [0.05, 0.1) is 0 Å². The zero-order chi connectivity index (χ0) is 39.0. The molecule has 0 aromatic heterocycles. The fraction of sp³-hybridized carbons (Fsp3) is 0.688. The van der Waals surface area contributed by atoms with Crippen molar-refractivity contribution in [2.75, 3.05) is 13.2 Å². The Bertz CT molecular complexity index is 1050. The van der Waals surface area contributed by atoms with Gasteiger partial charge in [0, 0.05) is 18.9 Å². The summed E-state index contributed by atoms with van der Waals surface area (Å²) in [5.41, 5.74) is 0.865. The number of esters is 3. The van der Waals surface area contributed by atoms with Crippen LogP contribution in [-0.4, -0.2) is 37.2 Å². The Morgan fingerprint density at radius 1 is 0.500 bits per heavy atom. The predicted molar refractivity (Wildman–Crippen MR) is 226 cm³/mol. The van der Waals surface area contributed by atoms with E-state index in [0.29, 0.717) is 12.8 Å². The molecule has 0 aliphatic carbocycles. The summed E-state index contributed by atoms with van der Waals surface area (Å²) in [6, 6.07) is 9.45. The Labute approximate surface area is 331 Å². The van der Waals surface area contributed by atoms with E-state index in [1.165, 1.54) is 109 Å². The zero-order valence-corrected chi connectivity index (χ0v) is 34.6. The molecule has 1 aromatic rings. The molecule has 0 aliphatic rings. The third-order valence-corrected chi connectivity index (χ3v) is 9.64. The lowest BCUT2D eigenvalue weighted by molar-refractivity contribution is -0.163. The fourth-order valence-corrected chi connectivity index (χ4v) is 6.24. The van der Waals surface area contributed by atoms with Crippen LogP contribution in [0.2, 0.25) is 0 Å². The predicted octanol–water partition coefficient (Wildman–Crippen LogP) is 13.8. The van der Waals surface area contributed by atoms with Gasteiger partial charge in [-0.2, -0.15) is 0 Å². The molecule has 6 nitrogen and oxygen atoms in total. The zero-order valence-electron chi connectivity index (χ0n) is 34.6. The number of hydrogen-bond acceptors (Lipinski definition) is 6. The largest absolute Gasteiger partial charge is 0.462 e. The average Bonchev–Trinajstić information content (AvgIpc) is 3.18. The van der Waals surface area contributed by atoms with Crippen LogP contribution in [0.3, 0.4) is 0 Å². The third-order valence-electron chi connectivity index (χ3n) is 9.64. The first kappa shape index (κ1) is 48.9. The summed E-state index contributed by atoms with van der Waals surface area (Å²) in [6.45, 7) is 4.22. The molecule has 306 valence electrons. The molecule has 0 bridgehead atoms. The topological polar surface area (TPSA) is 78.9 Å². The van der Waals surface area contributed by atoms with Gasteiger partial charge in [0.15, 0.2) is 6.10 Å². The van der Waals surface area contributed by atoms with Gasteiger partial charge in [-0.25, -0.2) is 4.79 Å². The Morgan fingerprint density at radius 2 is 0.870 bits per heavy atom. The van der Waals surface area contributed by atoms with Crippen molar-refractivity contribution in [3.05, 3.63) is 66.3 Å². The van der Waals surface area contributed by atoms with Crippen molar-refractivity contribution in [2.45, 2.75) is 200 Å². The van der Waals surface area contributed by atoms with E-state index in [1.807, 2.05) is 30.3 Å². The molecule has 0 spiro atoms. The van der Waals surface area contributed by atoms with Crippen molar-refractivity contribution >= 4 is 24.0 Å². The lowest BCUT2D eigenvalue weighted by Gasteiger charge is -2.17. The van der Waals surface area contributed by atoms with Crippen LogP contribution in [0.4, 0.5) is 0 Å². The molecule has 1 rings (SSSR count). The highest BCUT2D eigenvalue weighted by molar-refractivity contribution is 5.87. The highest BCUT2D eigenvalue weighted by atomic mass is 16.6. The Kier molecular flexibility index (Phi) is 34.5. The van der Waals surface area contributed by atoms with Gasteiger partial charge in [0.25, 0.3) is 0 Å². The third kappa shape index (κ3) is 33.4. The van der Waals surface area contributed by atoms with E-state index in [0.717, 1.165) is 69.8 Å². The molecule has 0 saturated carbocycles. The number of unbranched alkanes of at least 4 members (excludes halogenated alkanes) is 22. The molecule has 0 aliphatic heterocycles. The summed E-state index contributed by atoms with van der Waals surface area (Å²) in [4.78, 5) is 37.5. The lowest BCUT2D eigenvalue weighted by Crippen LogP contribution is -2.30. The summed E-state index contributed by atoms with van der Waals surface area (Å²) in [5.74, 6) is -1.23. The summed E-state index contributed by atoms with van der Waals surface area (Å²) in [5, 5.41) is 0. The van der Waals surface area contributed by atoms with Gasteiger partial charge < -0.3 is 14.2 Å². The van der Waals surface area contributed by atoms with Crippen LogP contribution in [0.25, 0.3) is 6.08 Å². The highest BCUT2D eigenvalue weighted by Gasteiger charge is 2.18. The first-order chi connectivity index (χ1) is 26.5. The SMILES string of the molecule is CCCCCCCC/C=C\CCCCCCCC(=O)OCC(COC(=O)CCCCCCC/C=C\CCCCCCCC)OC(=O)/C=C/c1ccccc1. The molecular formula is C48H78O6. The van der Waals surface area contributed by atoms with E-state index in [4.69, 9.17) is 14.2 Å². The Balaban J connectivity index is 2.26. The second-order valence-corrected chi connectivity index (χ2v) is 14.8. The van der Waals surface area contributed by atoms with Gasteiger partial charge >= 0.3 is 17.9 Å². The Morgan fingerprint density at radius 3 is 1.28 bits per heavy atom. The van der Waals surface area contributed by atoms with Crippen molar-refractivity contribution in [1.29, 1.82) is 0 Å². The number of hydrogen-bond donors (Lipinski definition) is 0. The maximum atomic E-state index is 12.6. The van der Waals surface area contributed by atoms with Crippen molar-refractivity contribution in [3.63, 3.8) is 0 Å². The maximum absolute atomic E-state index is 12.6. The number of allylic oxidation sites excluding steroid dienone is 4. The van der Waals surface area contributed by atoms with E-state index in [-0.39, 0.29) is 25.2 Å². The van der Waals surface area contributed by atoms with E-state index >= 15 is 0 Å². The second kappa shape index (κ2) is 38.1. The first-order valence-corrected chi connectivity index (χ1v) is 22.1. The number of rotatable bonds is 37. The first-order valence-electron chi connectivity index (χ1n) is 22.1. The summed E-state index contributed by atoms with van der Waals surface area (Å²) >= 11 is 0. The summed E-state index contributed by atoms with van der Waals surface area (Å²) in [7, 11) is 0. The molecule has 54 heavy (non-hydrogen) atoms. The van der Waals surface area contributed by atoms with Crippen LogP contribution in [0, 0.1) is 0 Å². The number of ether oxygens (including phenoxy) is 3. The molecule has 0 atom stereocenters. The highest BCUT2D eigenvalue weighted by Crippen LogP contribution is 2.13. The van der Waals surface area contributed by atoms with E-state index in [9.17, 15) is 14.4 Å². The van der Waals surface area contributed by atoms with Gasteiger partial charge in [-0.3, -0.25) is 9.59 Å². The molecule has 0 amide bonds.